The highest BCUT2D eigenvalue weighted by Gasteiger charge is 2.16. The summed E-state index contributed by atoms with van der Waals surface area (Å²) >= 11 is 6.09. The summed E-state index contributed by atoms with van der Waals surface area (Å²) in [6.45, 7) is 1.91. The molecule has 0 N–H and O–H groups in total. The molecule has 0 aliphatic rings. The van der Waals surface area contributed by atoms with Gasteiger partial charge in [0.1, 0.15) is 0 Å². The molecule has 0 amide bonds. The quantitative estimate of drug-likeness (QED) is 0.490. The van der Waals surface area contributed by atoms with Gasteiger partial charge < -0.3 is 4.74 Å². The smallest absolute Gasteiger partial charge is 0.341 e. The van der Waals surface area contributed by atoms with E-state index in [-0.39, 0.29) is 22.9 Å². The van der Waals surface area contributed by atoms with Crippen LogP contribution in [0.1, 0.15) is 17.3 Å². The molecule has 0 aliphatic heterocycles. The Kier molecular flexibility index (Phi) is 3.62. The molecule has 2 aromatic rings. The zero-order valence-corrected chi connectivity index (χ0v) is 10.7. The molecule has 7 heteroatoms. The van der Waals surface area contributed by atoms with Gasteiger partial charge in [0, 0.05) is 23.7 Å². The standard InChI is InChI=1S/C12H9ClN2O4/c1-2-19-12(16)9-6-14-10-5-7(15(17)18)3-4-8(10)11(9)13/h3-6H,2H2,1H3. The second-order valence-electron chi connectivity index (χ2n) is 3.66. The fraction of sp³-hybridized carbons (Fsp3) is 0.167. The molecule has 0 saturated carbocycles. The van der Waals surface area contributed by atoms with Crippen LogP contribution < -0.4 is 0 Å². The lowest BCUT2D eigenvalue weighted by atomic mass is 10.1. The second-order valence-corrected chi connectivity index (χ2v) is 4.04. The van der Waals surface area contributed by atoms with Gasteiger partial charge in [-0.1, -0.05) is 11.6 Å². The van der Waals surface area contributed by atoms with Crippen molar-refractivity contribution in [3.8, 4) is 0 Å². The largest absolute Gasteiger partial charge is 0.462 e. The first-order chi connectivity index (χ1) is 9.04. The molecule has 2 rings (SSSR count). The molecule has 1 aromatic heterocycles. The number of esters is 1. The summed E-state index contributed by atoms with van der Waals surface area (Å²) in [7, 11) is 0. The lowest BCUT2D eigenvalue weighted by Crippen LogP contribution is -2.06. The van der Waals surface area contributed by atoms with E-state index in [4.69, 9.17) is 16.3 Å². The van der Waals surface area contributed by atoms with Gasteiger partial charge in [-0.05, 0) is 13.0 Å². The monoisotopic (exact) mass is 280 g/mol. The first-order valence-corrected chi connectivity index (χ1v) is 5.82. The molecule has 0 atom stereocenters. The molecule has 6 nitrogen and oxygen atoms in total. The third-order valence-corrected chi connectivity index (χ3v) is 2.90. The summed E-state index contributed by atoms with van der Waals surface area (Å²) in [6, 6.07) is 4.08. The molecule has 1 heterocycles. The van der Waals surface area contributed by atoms with E-state index >= 15 is 0 Å². The van der Waals surface area contributed by atoms with Gasteiger partial charge in [0.2, 0.25) is 0 Å². The fourth-order valence-corrected chi connectivity index (χ4v) is 1.90. The summed E-state index contributed by atoms with van der Waals surface area (Å²) in [6.07, 6.45) is 1.26. The van der Waals surface area contributed by atoms with Crippen LogP contribution >= 0.6 is 11.6 Å². The lowest BCUT2D eigenvalue weighted by molar-refractivity contribution is -0.384. The molecule has 19 heavy (non-hydrogen) atoms. The van der Waals surface area contributed by atoms with Gasteiger partial charge >= 0.3 is 5.97 Å². The van der Waals surface area contributed by atoms with Crippen molar-refractivity contribution in [2.45, 2.75) is 6.92 Å². The van der Waals surface area contributed by atoms with Crippen molar-refractivity contribution in [1.82, 2.24) is 4.98 Å². The molecule has 0 bridgehead atoms. The molecule has 1 aromatic carbocycles. The van der Waals surface area contributed by atoms with Gasteiger partial charge in [0.15, 0.2) is 0 Å². The Morgan fingerprint density at radius 3 is 2.89 bits per heavy atom. The van der Waals surface area contributed by atoms with Crippen LogP contribution in [0.4, 0.5) is 5.69 Å². The Hall–Kier alpha value is -2.21. The number of pyridine rings is 1. The highest BCUT2D eigenvalue weighted by atomic mass is 35.5. The number of benzene rings is 1. The van der Waals surface area contributed by atoms with Crippen molar-refractivity contribution in [1.29, 1.82) is 0 Å². The van der Waals surface area contributed by atoms with E-state index < -0.39 is 10.9 Å². The van der Waals surface area contributed by atoms with Gasteiger partial charge in [-0.2, -0.15) is 0 Å². The van der Waals surface area contributed by atoms with Crippen LogP contribution in [0.2, 0.25) is 5.02 Å². The normalized spacial score (nSPS) is 10.4. The first kappa shape index (κ1) is 13.2. The highest BCUT2D eigenvalue weighted by molar-refractivity contribution is 6.38. The number of hydrogen-bond acceptors (Lipinski definition) is 5. The number of hydrogen-bond donors (Lipinski definition) is 0. The van der Waals surface area contributed by atoms with Crippen molar-refractivity contribution in [2.75, 3.05) is 6.61 Å². The average molecular weight is 281 g/mol. The molecular weight excluding hydrogens is 272 g/mol. The maximum atomic E-state index is 11.6. The fourth-order valence-electron chi connectivity index (χ4n) is 1.61. The number of nitrogens with zero attached hydrogens (tertiary/aromatic N) is 2. The topological polar surface area (TPSA) is 82.3 Å². The molecular formula is C12H9ClN2O4. The van der Waals surface area contributed by atoms with Gasteiger partial charge in [-0.25, -0.2) is 4.79 Å². The van der Waals surface area contributed by atoms with E-state index in [1.54, 1.807) is 6.92 Å². The maximum Gasteiger partial charge on any atom is 0.341 e. The third kappa shape index (κ3) is 2.48. The van der Waals surface area contributed by atoms with Gasteiger partial charge in [-0.3, -0.25) is 15.1 Å². The van der Waals surface area contributed by atoms with E-state index in [0.717, 1.165) is 0 Å². The number of aromatic nitrogens is 1. The van der Waals surface area contributed by atoms with E-state index in [0.29, 0.717) is 10.9 Å². The molecule has 0 radical (unpaired) electrons. The SMILES string of the molecule is CCOC(=O)c1cnc2cc([N+](=O)[O-])ccc2c1Cl. The number of fused-ring (bicyclic) bond motifs is 1. The number of carbonyl (C=O) groups is 1. The zero-order chi connectivity index (χ0) is 14.0. The van der Waals surface area contributed by atoms with Crippen LogP contribution in [0.3, 0.4) is 0 Å². The zero-order valence-electron chi connectivity index (χ0n) is 9.92. The van der Waals surface area contributed by atoms with Gasteiger partial charge in [0.25, 0.3) is 5.69 Å². The second kappa shape index (κ2) is 5.19. The van der Waals surface area contributed by atoms with Gasteiger partial charge in [-0.15, -0.1) is 0 Å². The predicted molar refractivity (Wildman–Crippen MR) is 69.4 cm³/mol. The molecule has 0 fully saturated rings. The summed E-state index contributed by atoms with van der Waals surface area (Å²) < 4.78 is 4.85. The van der Waals surface area contributed by atoms with Crippen molar-refractivity contribution >= 4 is 34.2 Å². The van der Waals surface area contributed by atoms with Crippen molar-refractivity contribution in [3.63, 3.8) is 0 Å². The Morgan fingerprint density at radius 1 is 1.53 bits per heavy atom. The Bertz CT molecular complexity index is 672. The molecule has 0 unspecified atom stereocenters. The first-order valence-electron chi connectivity index (χ1n) is 5.44. The number of halogens is 1. The number of carbonyl (C=O) groups excluding carboxylic acids is 1. The average Bonchev–Trinajstić information content (AvgIpc) is 2.38. The Labute approximate surface area is 113 Å². The molecule has 0 spiro atoms. The minimum Gasteiger partial charge on any atom is -0.462 e. The van der Waals surface area contributed by atoms with Crippen molar-refractivity contribution in [2.24, 2.45) is 0 Å². The van der Waals surface area contributed by atoms with Crippen molar-refractivity contribution < 1.29 is 14.5 Å². The van der Waals surface area contributed by atoms with Crippen LogP contribution in [0, 0.1) is 10.1 Å². The Morgan fingerprint density at radius 2 is 2.26 bits per heavy atom. The van der Waals surface area contributed by atoms with E-state index in [9.17, 15) is 14.9 Å². The third-order valence-electron chi connectivity index (χ3n) is 2.49. The van der Waals surface area contributed by atoms with Crippen LogP contribution in [0.25, 0.3) is 10.9 Å². The molecule has 98 valence electrons. The minimum atomic E-state index is -0.569. The van der Waals surface area contributed by atoms with Gasteiger partial charge in [0.05, 0.1) is 27.6 Å². The predicted octanol–water partition coefficient (Wildman–Crippen LogP) is 2.97. The van der Waals surface area contributed by atoms with E-state index in [1.807, 2.05) is 0 Å². The van der Waals surface area contributed by atoms with Crippen LogP contribution in [-0.2, 0) is 4.74 Å². The summed E-state index contributed by atoms with van der Waals surface area (Å²) in [4.78, 5) is 25.8. The molecule has 0 saturated heterocycles. The number of ether oxygens (including phenoxy) is 1. The lowest BCUT2D eigenvalue weighted by Gasteiger charge is -2.06. The minimum absolute atomic E-state index is 0.0834. The Balaban J connectivity index is 2.57. The van der Waals surface area contributed by atoms with E-state index in [2.05, 4.69) is 4.98 Å². The maximum absolute atomic E-state index is 11.6. The van der Waals surface area contributed by atoms with Crippen molar-refractivity contribution in [3.05, 3.63) is 45.1 Å². The number of nitro benzene ring substituents is 1. The van der Waals surface area contributed by atoms with Crippen LogP contribution in [-0.4, -0.2) is 22.5 Å². The van der Waals surface area contributed by atoms with Crippen LogP contribution in [0.5, 0.6) is 0 Å². The highest BCUT2D eigenvalue weighted by Crippen LogP contribution is 2.28. The van der Waals surface area contributed by atoms with E-state index in [1.165, 1.54) is 24.4 Å². The van der Waals surface area contributed by atoms with Crippen LogP contribution in [0.15, 0.2) is 24.4 Å². The summed E-state index contributed by atoms with van der Waals surface area (Å²) in [5.41, 5.74) is 0.414. The molecule has 0 aliphatic carbocycles. The number of rotatable bonds is 3. The number of nitro groups is 1. The summed E-state index contributed by atoms with van der Waals surface area (Å²) in [5, 5.41) is 11.3. The number of non-ortho nitro benzene ring substituents is 1. The summed E-state index contributed by atoms with van der Waals surface area (Å²) in [5.74, 6) is -0.569.